The number of carbonyl (C=O) groups excluding carboxylic acids is 1. The lowest BCUT2D eigenvalue weighted by Crippen LogP contribution is -2.44. The Morgan fingerprint density at radius 1 is 1.17 bits per heavy atom. The van der Waals surface area contributed by atoms with Crippen LogP contribution < -0.4 is 9.47 Å². The molecule has 0 saturated carbocycles. The molecule has 10 heteroatoms. The number of hydrogen-bond donors (Lipinski definition) is 1. The van der Waals surface area contributed by atoms with Gasteiger partial charge in [0.2, 0.25) is 6.79 Å². The molecule has 4 rings (SSSR count). The van der Waals surface area contributed by atoms with Crippen LogP contribution in [0, 0.1) is 5.92 Å². The van der Waals surface area contributed by atoms with E-state index in [1.807, 2.05) is 36.9 Å². The third-order valence-corrected chi connectivity index (χ3v) is 6.64. The lowest BCUT2D eigenvalue weighted by Gasteiger charge is -2.29. The summed E-state index contributed by atoms with van der Waals surface area (Å²) in [6.07, 6.45) is 5.94. The maximum Gasteiger partial charge on any atom is 0.308 e. The molecule has 36 heavy (non-hydrogen) atoms. The second-order valence-corrected chi connectivity index (χ2v) is 9.11. The Labute approximate surface area is 211 Å². The average Bonchev–Trinajstić information content (AvgIpc) is 3.50. The number of fused-ring (bicyclic) bond motifs is 1. The van der Waals surface area contributed by atoms with Crippen molar-refractivity contribution >= 4 is 11.9 Å². The van der Waals surface area contributed by atoms with Crippen LogP contribution in [-0.2, 0) is 20.8 Å². The lowest BCUT2D eigenvalue weighted by molar-refractivity contribution is -0.188. The SMILES string of the molecule is CCCON(CCC)C(=O)CN1C[C@H](c2ccc3c(c2)OCO3)C(C(=O)O)[C@@H]1CCc1ncccn1. The number of amides is 1. The number of likely N-dealkylation sites (tertiary alicyclic amines) is 1. The van der Waals surface area contributed by atoms with E-state index in [-0.39, 0.29) is 31.2 Å². The van der Waals surface area contributed by atoms with Gasteiger partial charge in [-0.25, -0.2) is 15.0 Å². The van der Waals surface area contributed by atoms with Crippen LogP contribution >= 0.6 is 0 Å². The fraction of sp³-hybridized carbons (Fsp3) is 0.538. The molecule has 194 valence electrons. The second kappa shape index (κ2) is 12.1. The summed E-state index contributed by atoms with van der Waals surface area (Å²) in [5.41, 5.74) is 0.857. The molecule has 2 aromatic rings. The smallest absolute Gasteiger partial charge is 0.308 e. The molecule has 1 unspecified atom stereocenters. The van der Waals surface area contributed by atoms with Crippen molar-refractivity contribution in [2.75, 3.05) is 33.0 Å². The Bertz CT molecular complexity index is 1040. The van der Waals surface area contributed by atoms with E-state index in [4.69, 9.17) is 14.3 Å². The van der Waals surface area contributed by atoms with E-state index in [1.54, 1.807) is 18.5 Å². The summed E-state index contributed by atoms with van der Waals surface area (Å²) >= 11 is 0. The van der Waals surface area contributed by atoms with Gasteiger partial charge in [-0.15, -0.1) is 0 Å². The third kappa shape index (κ3) is 5.93. The zero-order valence-electron chi connectivity index (χ0n) is 20.8. The lowest BCUT2D eigenvalue weighted by atomic mass is 9.83. The Morgan fingerprint density at radius 2 is 1.94 bits per heavy atom. The summed E-state index contributed by atoms with van der Waals surface area (Å²) in [7, 11) is 0. The van der Waals surface area contributed by atoms with Gasteiger partial charge >= 0.3 is 5.97 Å². The van der Waals surface area contributed by atoms with E-state index in [0.717, 1.165) is 18.4 Å². The number of nitrogens with zero attached hydrogens (tertiary/aromatic N) is 4. The molecular formula is C26H34N4O6. The summed E-state index contributed by atoms with van der Waals surface area (Å²) < 4.78 is 11.0. The number of hydrogen-bond acceptors (Lipinski definition) is 8. The summed E-state index contributed by atoms with van der Waals surface area (Å²) in [5, 5.41) is 11.8. The molecule has 0 spiro atoms. The van der Waals surface area contributed by atoms with Crippen LogP contribution in [0.3, 0.4) is 0 Å². The number of benzene rings is 1. The van der Waals surface area contributed by atoms with Crippen LogP contribution in [0.1, 0.15) is 50.4 Å². The van der Waals surface area contributed by atoms with Gasteiger partial charge in [0.1, 0.15) is 5.82 Å². The molecule has 0 bridgehead atoms. The van der Waals surface area contributed by atoms with Crippen molar-refractivity contribution in [3.05, 3.63) is 48.0 Å². The van der Waals surface area contributed by atoms with Gasteiger partial charge in [-0.05, 0) is 43.0 Å². The maximum absolute atomic E-state index is 13.2. The normalized spacial score (nSPS) is 21.0. The van der Waals surface area contributed by atoms with Crippen molar-refractivity contribution in [2.45, 2.75) is 51.5 Å². The van der Waals surface area contributed by atoms with Gasteiger partial charge in [0.25, 0.3) is 5.91 Å². The van der Waals surface area contributed by atoms with Gasteiger partial charge in [-0.2, -0.15) is 0 Å². The van der Waals surface area contributed by atoms with Crippen molar-refractivity contribution in [1.29, 1.82) is 0 Å². The van der Waals surface area contributed by atoms with E-state index < -0.39 is 11.9 Å². The first kappa shape index (κ1) is 25.8. The molecule has 1 aromatic heterocycles. The van der Waals surface area contributed by atoms with Crippen LogP contribution in [0.2, 0.25) is 0 Å². The van der Waals surface area contributed by atoms with Gasteiger partial charge < -0.3 is 14.6 Å². The average molecular weight is 499 g/mol. The molecule has 1 fully saturated rings. The molecule has 3 heterocycles. The molecule has 1 aromatic carbocycles. The summed E-state index contributed by atoms with van der Waals surface area (Å²) in [6.45, 7) is 5.58. The Kier molecular flexibility index (Phi) is 8.71. The van der Waals surface area contributed by atoms with E-state index in [2.05, 4.69) is 9.97 Å². The molecule has 2 aliphatic heterocycles. The molecule has 10 nitrogen and oxygen atoms in total. The zero-order chi connectivity index (χ0) is 25.5. The number of ether oxygens (including phenoxy) is 2. The molecule has 0 aliphatic carbocycles. The second-order valence-electron chi connectivity index (χ2n) is 9.11. The largest absolute Gasteiger partial charge is 0.481 e. The number of aryl methyl sites for hydroxylation is 1. The minimum absolute atomic E-state index is 0.0782. The minimum Gasteiger partial charge on any atom is -0.481 e. The first-order chi connectivity index (χ1) is 17.5. The first-order valence-electron chi connectivity index (χ1n) is 12.6. The topological polar surface area (TPSA) is 114 Å². The monoisotopic (exact) mass is 498 g/mol. The van der Waals surface area contributed by atoms with Crippen molar-refractivity contribution in [3.63, 3.8) is 0 Å². The van der Waals surface area contributed by atoms with Crippen molar-refractivity contribution in [2.24, 2.45) is 5.92 Å². The third-order valence-electron chi connectivity index (χ3n) is 6.64. The van der Waals surface area contributed by atoms with Gasteiger partial charge in [0.15, 0.2) is 11.5 Å². The van der Waals surface area contributed by atoms with E-state index in [1.165, 1.54) is 5.06 Å². The molecule has 1 saturated heterocycles. The van der Waals surface area contributed by atoms with Crippen LogP contribution in [0.4, 0.5) is 0 Å². The molecule has 2 aliphatic rings. The predicted octanol–water partition coefficient (Wildman–Crippen LogP) is 2.89. The fourth-order valence-electron chi connectivity index (χ4n) is 4.99. The Hall–Kier alpha value is -3.24. The molecule has 1 amide bonds. The quantitative estimate of drug-likeness (QED) is 0.441. The number of hydroxylamine groups is 2. The fourth-order valence-corrected chi connectivity index (χ4v) is 4.99. The van der Waals surface area contributed by atoms with E-state index in [0.29, 0.717) is 49.9 Å². The molecule has 3 atom stereocenters. The minimum atomic E-state index is -0.890. The highest BCUT2D eigenvalue weighted by Crippen LogP contribution is 2.42. The number of carbonyl (C=O) groups is 2. The molecule has 0 radical (unpaired) electrons. The van der Waals surface area contributed by atoms with E-state index in [9.17, 15) is 14.7 Å². The highest BCUT2D eigenvalue weighted by Gasteiger charge is 2.47. The predicted molar refractivity (Wildman–Crippen MR) is 130 cm³/mol. The summed E-state index contributed by atoms with van der Waals surface area (Å²) in [4.78, 5) is 42.1. The number of aromatic nitrogens is 2. The number of rotatable bonds is 12. The van der Waals surface area contributed by atoms with Gasteiger partial charge in [0, 0.05) is 43.9 Å². The van der Waals surface area contributed by atoms with Crippen LogP contribution in [0.5, 0.6) is 11.5 Å². The van der Waals surface area contributed by atoms with Crippen LogP contribution in [0.15, 0.2) is 36.7 Å². The Balaban J connectivity index is 1.59. The first-order valence-corrected chi connectivity index (χ1v) is 12.6. The molecule has 1 N–H and O–H groups in total. The standard InChI is InChI=1S/C26H34N4O6/c1-3-12-30(36-13-4-2)24(31)16-29-15-19(18-6-8-21-22(14-18)35-17-34-21)25(26(32)33)20(29)7-9-23-27-10-5-11-28-23/h5-6,8,10-11,14,19-20,25H,3-4,7,9,12-13,15-17H2,1-2H3,(H,32,33)/t19-,20+,25?/m1/s1. The van der Waals surface area contributed by atoms with Gasteiger partial charge in [-0.3, -0.25) is 19.3 Å². The van der Waals surface area contributed by atoms with Crippen LogP contribution in [-0.4, -0.2) is 76.0 Å². The van der Waals surface area contributed by atoms with E-state index >= 15 is 0 Å². The zero-order valence-corrected chi connectivity index (χ0v) is 20.8. The molecular weight excluding hydrogens is 464 g/mol. The highest BCUT2D eigenvalue weighted by molar-refractivity contribution is 5.78. The van der Waals surface area contributed by atoms with Gasteiger partial charge in [0.05, 0.1) is 19.1 Å². The summed E-state index contributed by atoms with van der Waals surface area (Å²) in [5.74, 6) is -0.167. The van der Waals surface area contributed by atoms with Crippen molar-refractivity contribution in [3.8, 4) is 11.5 Å². The Morgan fingerprint density at radius 3 is 2.67 bits per heavy atom. The van der Waals surface area contributed by atoms with Gasteiger partial charge in [-0.1, -0.05) is 19.9 Å². The van der Waals surface area contributed by atoms with Crippen molar-refractivity contribution in [1.82, 2.24) is 19.9 Å². The van der Waals surface area contributed by atoms with Crippen LogP contribution in [0.25, 0.3) is 0 Å². The highest BCUT2D eigenvalue weighted by atomic mass is 16.7. The summed E-state index contributed by atoms with van der Waals surface area (Å²) in [6, 6.07) is 6.95. The maximum atomic E-state index is 13.2. The van der Waals surface area contributed by atoms with Crippen molar-refractivity contribution < 1.29 is 29.0 Å². The number of carboxylic acids is 1. The number of aliphatic carboxylic acids is 1. The number of carboxylic acid groups (broad SMARTS) is 1.